The molecule has 0 radical (unpaired) electrons. The zero-order valence-electron chi connectivity index (χ0n) is 26.6. The number of aromatic amines is 1. The highest BCUT2D eigenvalue weighted by Crippen LogP contribution is 2.21. The summed E-state index contributed by atoms with van der Waals surface area (Å²) in [4.78, 5) is 89.0. The molecule has 0 bridgehead atoms. The summed E-state index contributed by atoms with van der Waals surface area (Å²) in [6.45, 7) is 4.17. The third-order valence-corrected chi connectivity index (χ3v) is 8.05. The van der Waals surface area contributed by atoms with Gasteiger partial charge < -0.3 is 31.6 Å². The Morgan fingerprint density at radius 1 is 0.958 bits per heavy atom. The number of amides is 6. The summed E-state index contributed by atoms with van der Waals surface area (Å²) in [7, 11) is 0. The van der Waals surface area contributed by atoms with Crippen molar-refractivity contribution in [1.82, 2.24) is 25.8 Å². The molecule has 1 aromatic heterocycles. The number of rotatable bonds is 16. The zero-order chi connectivity index (χ0) is 34.8. The third-order valence-electron chi connectivity index (χ3n) is 7.65. The molecule has 6 N–H and O–H groups in total. The van der Waals surface area contributed by atoms with E-state index in [9.17, 15) is 33.6 Å². The number of aldehydes is 1. The van der Waals surface area contributed by atoms with Crippen molar-refractivity contribution < 1.29 is 33.6 Å². The maximum Gasteiger partial charge on any atom is 0.255 e. The van der Waals surface area contributed by atoms with Gasteiger partial charge in [0.15, 0.2) is 6.29 Å². The molecule has 1 aliphatic heterocycles. The monoisotopic (exact) mass is 677 g/mol. The van der Waals surface area contributed by atoms with E-state index in [-0.39, 0.29) is 67.9 Å². The molecule has 2 aromatic carbocycles. The first kappa shape index (κ1) is 35.8. The van der Waals surface area contributed by atoms with Gasteiger partial charge in [0, 0.05) is 60.3 Å². The molecular formula is C33H39N7O7S. The molecule has 2 unspecified atom stereocenters. The molecule has 0 saturated carbocycles. The van der Waals surface area contributed by atoms with Crippen LogP contribution in [-0.4, -0.2) is 89.1 Å². The number of imide groups is 1. The smallest absolute Gasteiger partial charge is 0.255 e. The predicted molar refractivity (Wildman–Crippen MR) is 183 cm³/mol. The number of nitrogens with one attached hydrogen (secondary N) is 6. The number of fused-ring (bicyclic) bond motifs is 1. The maximum absolute atomic E-state index is 12.8. The first-order chi connectivity index (χ1) is 22.9. The lowest BCUT2D eigenvalue weighted by atomic mass is 10.0. The minimum absolute atomic E-state index is 0.0755. The van der Waals surface area contributed by atoms with Gasteiger partial charge in [0.2, 0.25) is 29.5 Å². The SMILES string of the molecule is CC(C)C(NCCNC(=O)CCCN1C(=O)CC(S)C1=O)C(=O)NCC(=O)Nc1ccc(C(=O)Nc2ccc3[nH]c(C=O)cc3c2)cc1. The minimum Gasteiger partial charge on any atom is -0.355 e. The van der Waals surface area contributed by atoms with Crippen molar-refractivity contribution in [2.75, 3.05) is 36.8 Å². The Balaban J connectivity index is 1.14. The second-order valence-corrected chi connectivity index (χ2v) is 12.3. The summed E-state index contributed by atoms with van der Waals surface area (Å²) < 4.78 is 0. The first-order valence-electron chi connectivity index (χ1n) is 15.5. The van der Waals surface area contributed by atoms with Gasteiger partial charge in [-0.05, 0) is 60.9 Å². The van der Waals surface area contributed by atoms with Gasteiger partial charge in [0.05, 0.1) is 23.5 Å². The van der Waals surface area contributed by atoms with E-state index in [2.05, 4.69) is 44.2 Å². The number of aromatic nitrogens is 1. The number of carbonyl (C=O) groups is 7. The zero-order valence-corrected chi connectivity index (χ0v) is 27.5. The molecule has 3 aromatic rings. The van der Waals surface area contributed by atoms with E-state index < -0.39 is 17.2 Å². The van der Waals surface area contributed by atoms with Gasteiger partial charge in [-0.3, -0.25) is 38.5 Å². The normalized spacial score (nSPS) is 15.0. The highest BCUT2D eigenvalue weighted by atomic mass is 32.1. The number of carbonyl (C=O) groups excluding carboxylic acids is 7. The maximum atomic E-state index is 12.8. The van der Waals surface area contributed by atoms with Gasteiger partial charge in [-0.25, -0.2) is 0 Å². The topological polar surface area (TPSA) is 199 Å². The van der Waals surface area contributed by atoms with Crippen LogP contribution >= 0.6 is 12.6 Å². The molecule has 2 atom stereocenters. The lowest BCUT2D eigenvalue weighted by Crippen LogP contribution is -2.50. The minimum atomic E-state index is -0.614. The Kier molecular flexibility index (Phi) is 12.5. The first-order valence-corrected chi connectivity index (χ1v) is 16.1. The average Bonchev–Trinajstić information content (AvgIpc) is 3.58. The van der Waals surface area contributed by atoms with Crippen molar-refractivity contribution in [2.45, 2.75) is 44.4 Å². The molecular weight excluding hydrogens is 638 g/mol. The van der Waals surface area contributed by atoms with Crippen LogP contribution in [0.2, 0.25) is 0 Å². The fourth-order valence-electron chi connectivity index (χ4n) is 5.13. The summed E-state index contributed by atoms with van der Waals surface area (Å²) in [6.07, 6.45) is 1.28. The molecule has 1 saturated heterocycles. The fraction of sp³-hybridized carbons (Fsp3) is 0.364. The van der Waals surface area contributed by atoms with E-state index in [0.29, 0.717) is 35.6 Å². The van der Waals surface area contributed by atoms with Gasteiger partial charge in [-0.2, -0.15) is 12.6 Å². The summed E-state index contributed by atoms with van der Waals surface area (Å²) in [5.41, 5.74) is 2.59. The summed E-state index contributed by atoms with van der Waals surface area (Å²) in [5, 5.41) is 14.1. The highest BCUT2D eigenvalue weighted by Gasteiger charge is 2.35. The van der Waals surface area contributed by atoms with Crippen molar-refractivity contribution in [3.05, 3.63) is 59.8 Å². The number of hydrogen-bond donors (Lipinski definition) is 7. The molecule has 6 amide bonds. The Morgan fingerprint density at radius 3 is 2.35 bits per heavy atom. The van der Waals surface area contributed by atoms with Crippen LogP contribution in [0.4, 0.5) is 11.4 Å². The van der Waals surface area contributed by atoms with Crippen molar-refractivity contribution in [1.29, 1.82) is 0 Å². The Morgan fingerprint density at radius 2 is 1.69 bits per heavy atom. The Labute approximate surface area is 282 Å². The molecule has 4 rings (SSSR count). The van der Waals surface area contributed by atoms with Gasteiger partial charge in [-0.1, -0.05) is 13.8 Å². The van der Waals surface area contributed by atoms with Gasteiger partial charge in [-0.15, -0.1) is 0 Å². The van der Waals surface area contributed by atoms with Crippen molar-refractivity contribution in [3.8, 4) is 0 Å². The largest absolute Gasteiger partial charge is 0.355 e. The van der Waals surface area contributed by atoms with Gasteiger partial charge in [0.25, 0.3) is 5.91 Å². The van der Waals surface area contributed by atoms with E-state index >= 15 is 0 Å². The number of hydrogen-bond acceptors (Lipinski definition) is 9. The van der Waals surface area contributed by atoms with Crippen LogP contribution in [-0.2, 0) is 24.0 Å². The lowest BCUT2D eigenvalue weighted by Gasteiger charge is -2.22. The van der Waals surface area contributed by atoms with E-state index in [4.69, 9.17) is 0 Å². The van der Waals surface area contributed by atoms with Crippen LogP contribution in [0.15, 0.2) is 48.5 Å². The number of H-pyrrole nitrogens is 1. The van der Waals surface area contributed by atoms with E-state index in [0.717, 1.165) is 22.1 Å². The predicted octanol–water partition coefficient (Wildman–Crippen LogP) is 1.86. The van der Waals surface area contributed by atoms with Gasteiger partial charge >= 0.3 is 0 Å². The quantitative estimate of drug-likeness (QED) is 0.0516. The number of anilines is 2. The third kappa shape index (κ3) is 9.75. The van der Waals surface area contributed by atoms with E-state index in [1.54, 1.807) is 48.5 Å². The van der Waals surface area contributed by atoms with Crippen LogP contribution in [0.25, 0.3) is 10.9 Å². The van der Waals surface area contributed by atoms with Gasteiger partial charge in [0.1, 0.15) is 0 Å². The Hall–Kier alpha value is -5.02. The van der Waals surface area contributed by atoms with Crippen LogP contribution in [0.3, 0.4) is 0 Å². The van der Waals surface area contributed by atoms with Crippen molar-refractivity contribution >= 4 is 76.6 Å². The van der Waals surface area contributed by atoms with Crippen molar-refractivity contribution in [2.24, 2.45) is 5.92 Å². The second-order valence-electron chi connectivity index (χ2n) is 11.7. The Bertz CT molecular complexity index is 1690. The van der Waals surface area contributed by atoms with Crippen molar-refractivity contribution in [3.63, 3.8) is 0 Å². The molecule has 48 heavy (non-hydrogen) atoms. The van der Waals surface area contributed by atoms with E-state index in [1.165, 1.54) is 0 Å². The standard InChI is InChI=1S/C33H39N7O7S/c1-19(2)30(35-12-11-34-27(42)4-3-13-40-29(44)16-26(48)33(40)47)32(46)36-17-28(43)38-22-7-5-20(6-8-22)31(45)39-23-9-10-25-21(14-23)15-24(18-41)37-25/h5-10,14-15,18-19,26,30,35,37,48H,3-4,11-13,16-17H2,1-2H3,(H,34,42)(H,36,46)(H,38,43)(H,39,45). The summed E-state index contributed by atoms with van der Waals surface area (Å²) in [5.74, 6) is -2.13. The van der Waals surface area contributed by atoms with Crippen LogP contribution in [0.5, 0.6) is 0 Å². The average molecular weight is 678 g/mol. The summed E-state index contributed by atoms with van der Waals surface area (Å²) >= 11 is 4.08. The molecule has 1 aliphatic rings. The number of nitrogens with zero attached hydrogens (tertiary/aromatic N) is 1. The molecule has 0 spiro atoms. The second kappa shape index (κ2) is 16.7. The van der Waals surface area contributed by atoms with Crippen LogP contribution < -0.4 is 26.6 Å². The molecule has 2 heterocycles. The fourth-order valence-corrected chi connectivity index (χ4v) is 5.43. The lowest BCUT2D eigenvalue weighted by molar-refractivity contribution is -0.138. The molecule has 0 aliphatic carbocycles. The van der Waals surface area contributed by atoms with Crippen LogP contribution in [0.1, 0.15) is 54.0 Å². The molecule has 1 fully saturated rings. The number of benzene rings is 2. The molecule has 15 heteroatoms. The molecule has 14 nitrogen and oxygen atoms in total. The number of thiol groups is 1. The number of likely N-dealkylation sites (tertiary alicyclic amines) is 1. The molecule has 254 valence electrons. The van der Waals surface area contributed by atoms with E-state index in [1.807, 2.05) is 13.8 Å². The summed E-state index contributed by atoms with van der Waals surface area (Å²) in [6, 6.07) is 12.6. The van der Waals surface area contributed by atoms with Crippen LogP contribution in [0, 0.1) is 5.92 Å². The highest BCUT2D eigenvalue weighted by molar-refractivity contribution is 7.81.